The molecule has 0 aliphatic carbocycles. The second-order valence-corrected chi connectivity index (χ2v) is 3.18. The molecule has 72 valence electrons. The van der Waals surface area contributed by atoms with Crippen molar-refractivity contribution in [3.05, 3.63) is 29.8 Å². The predicted molar refractivity (Wildman–Crippen MR) is 51.4 cm³/mol. The molecule has 14 heavy (non-hydrogen) atoms. The molecule has 1 aromatic carbocycles. The summed E-state index contributed by atoms with van der Waals surface area (Å²) in [5.41, 5.74) is 0.940. The first-order valence-electron chi connectivity index (χ1n) is 4.05. The predicted octanol–water partition coefficient (Wildman–Crippen LogP) is 1.53. The summed E-state index contributed by atoms with van der Waals surface area (Å²) >= 11 is 0. The topological polar surface area (TPSA) is 69.9 Å². The van der Waals surface area contributed by atoms with Crippen molar-refractivity contribution in [1.82, 2.24) is 4.59 Å². The zero-order valence-corrected chi connectivity index (χ0v) is 7.51. The van der Waals surface area contributed by atoms with Gasteiger partial charge in [0.05, 0.1) is 0 Å². The fourth-order valence-corrected chi connectivity index (χ4v) is 1.49. The van der Waals surface area contributed by atoms with Crippen LogP contribution in [0.15, 0.2) is 29.4 Å². The standard InChI is InChI=1S/C9H8N2O3/c1-11(9(13)14)7-5-3-2-4-6(7)8(12)10-11/h2-5H,1H3,(H-,10,12,13,14)/p+1. The minimum Gasteiger partial charge on any atom is -0.489 e. The van der Waals surface area contributed by atoms with Gasteiger partial charge in [0.1, 0.15) is 12.6 Å². The van der Waals surface area contributed by atoms with Crippen molar-refractivity contribution in [3.8, 4) is 0 Å². The fraction of sp³-hybridized carbons (Fsp3) is 0.111. The highest BCUT2D eigenvalue weighted by molar-refractivity contribution is 6.05. The van der Waals surface area contributed by atoms with Crippen molar-refractivity contribution < 1.29 is 15.0 Å². The van der Waals surface area contributed by atoms with Gasteiger partial charge >= 0.3 is 6.09 Å². The molecule has 1 atom stereocenters. The van der Waals surface area contributed by atoms with Crippen molar-refractivity contribution in [2.24, 2.45) is 5.10 Å². The van der Waals surface area contributed by atoms with Gasteiger partial charge < -0.3 is 10.2 Å². The third-order valence-corrected chi connectivity index (χ3v) is 2.28. The van der Waals surface area contributed by atoms with Crippen LogP contribution in [-0.2, 0) is 0 Å². The molecule has 1 unspecified atom stereocenters. The molecule has 1 heterocycles. The molecule has 1 aliphatic rings. The van der Waals surface area contributed by atoms with Crippen LogP contribution in [0.5, 0.6) is 0 Å². The van der Waals surface area contributed by atoms with Crippen molar-refractivity contribution in [2.45, 2.75) is 0 Å². The fourth-order valence-electron chi connectivity index (χ4n) is 1.49. The summed E-state index contributed by atoms with van der Waals surface area (Å²) in [5.74, 6) is -0.231. The Kier molecular flexibility index (Phi) is 1.59. The van der Waals surface area contributed by atoms with E-state index in [0.717, 1.165) is 0 Å². The summed E-state index contributed by atoms with van der Waals surface area (Å²) in [6.07, 6.45) is -1.12. The molecule has 0 radical (unpaired) electrons. The molecule has 5 nitrogen and oxygen atoms in total. The lowest BCUT2D eigenvalue weighted by Gasteiger charge is -2.15. The summed E-state index contributed by atoms with van der Waals surface area (Å²) in [5, 5.41) is 22.1. The average Bonchev–Trinajstić information content (AvgIpc) is 2.42. The van der Waals surface area contributed by atoms with Gasteiger partial charge in [-0.15, -0.1) is 0 Å². The number of nitrogens with zero attached hydrogens (tertiary/aromatic N) is 2. The number of carbonyl (C=O) groups is 1. The Morgan fingerprint density at radius 1 is 1.43 bits per heavy atom. The smallest absolute Gasteiger partial charge is 0.489 e. The van der Waals surface area contributed by atoms with E-state index in [0.29, 0.717) is 11.3 Å². The summed E-state index contributed by atoms with van der Waals surface area (Å²) in [7, 11) is 1.41. The Labute approximate surface area is 80.1 Å². The van der Waals surface area contributed by atoms with Crippen molar-refractivity contribution in [3.63, 3.8) is 0 Å². The number of hydrogen-bond acceptors (Lipinski definition) is 2. The van der Waals surface area contributed by atoms with E-state index in [1.165, 1.54) is 7.05 Å². The molecule has 0 spiro atoms. The number of rotatable bonds is 0. The summed E-state index contributed by atoms with van der Waals surface area (Å²) in [6, 6.07) is 6.71. The summed E-state index contributed by atoms with van der Waals surface area (Å²) in [6.45, 7) is 0. The van der Waals surface area contributed by atoms with E-state index in [1.54, 1.807) is 24.3 Å². The highest BCUT2D eigenvalue weighted by Gasteiger charge is 2.44. The molecule has 1 amide bonds. The molecular formula is C9H9N2O3+. The molecule has 0 saturated heterocycles. The Bertz CT molecular complexity index is 441. The molecule has 1 aromatic rings. The van der Waals surface area contributed by atoms with Gasteiger partial charge in [0.25, 0.3) is 5.90 Å². The number of aliphatic hydroxyl groups excluding tert-OH is 1. The SMILES string of the molecule is C[N+]1(C(=O)O)N=C(O)c2ccccc21. The molecule has 1 aliphatic heterocycles. The molecular weight excluding hydrogens is 184 g/mol. The molecule has 0 bridgehead atoms. The lowest BCUT2D eigenvalue weighted by atomic mass is 10.2. The maximum atomic E-state index is 11.0. The zero-order valence-electron chi connectivity index (χ0n) is 7.51. The van der Waals surface area contributed by atoms with Crippen molar-refractivity contribution in [2.75, 3.05) is 7.05 Å². The largest absolute Gasteiger partial charge is 0.546 e. The summed E-state index contributed by atoms with van der Waals surface area (Å²) in [4.78, 5) is 11.0. The van der Waals surface area contributed by atoms with Crippen LogP contribution in [0.4, 0.5) is 10.5 Å². The van der Waals surface area contributed by atoms with E-state index in [9.17, 15) is 9.90 Å². The number of para-hydroxylation sites is 1. The Morgan fingerprint density at radius 3 is 2.71 bits per heavy atom. The van der Waals surface area contributed by atoms with E-state index < -0.39 is 10.7 Å². The first kappa shape index (κ1) is 8.71. The lowest BCUT2D eigenvalue weighted by molar-refractivity contribution is 0.158. The maximum Gasteiger partial charge on any atom is 0.546 e. The van der Waals surface area contributed by atoms with Gasteiger partial charge in [0.15, 0.2) is 5.69 Å². The number of fused-ring (bicyclic) bond motifs is 1. The van der Waals surface area contributed by atoms with Crippen molar-refractivity contribution in [1.29, 1.82) is 0 Å². The Hall–Kier alpha value is -1.88. The van der Waals surface area contributed by atoms with Crippen LogP contribution < -0.4 is 4.59 Å². The van der Waals surface area contributed by atoms with E-state index in [-0.39, 0.29) is 5.90 Å². The first-order chi connectivity index (χ1) is 6.55. The Balaban J connectivity index is 2.68. The molecule has 0 fully saturated rings. The van der Waals surface area contributed by atoms with Gasteiger partial charge in [0, 0.05) is 6.07 Å². The highest BCUT2D eigenvalue weighted by atomic mass is 16.4. The zero-order chi connectivity index (χ0) is 10.3. The second kappa shape index (κ2) is 2.55. The number of amides is 1. The van der Waals surface area contributed by atoms with Gasteiger partial charge in [-0.3, -0.25) is 0 Å². The van der Waals surface area contributed by atoms with Crippen LogP contribution in [-0.4, -0.2) is 29.3 Å². The molecule has 5 heteroatoms. The number of quaternary nitrogens is 1. The molecule has 0 saturated carbocycles. The number of aliphatic hydroxyl groups is 1. The van der Waals surface area contributed by atoms with Gasteiger partial charge in [-0.05, 0) is 11.2 Å². The molecule has 2 rings (SSSR count). The Morgan fingerprint density at radius 2 is 2.07 bits per heavy atom. The van der Waals surface area contributed by atoms with Crippen LogP contribution >= 0.6 is 0 Å². The monoisotopic (exact) mass is 193 g/mol. The van der Waals surface area contributed by atoms with Gasteiger partial charge in [-0.25, -0.2) is 0 Å². The van der Waals surface area contributed by atoms with E-state index in [1.807, 2.05) is 0 Å². The third kappa shape index (κ3) is 0.928. The first-order valence-corrected chi connectivity index (χ1v) is 4.05. The van der Waals surface area contributed by atoms with Gasteiger partial charge in [-0.1, -0.05) is 16.7 Å². The van der Waals surface area contributed by atoms with Crippen molar-refractivity contribution >= 4 is 17.7 Å². The minimum atomic E-state index is -1.12. The number of hydrogen-bond donors (Lipinski definition) is 2. The normalized spacial score (nSPS) is 24.2. The van der Waals surface area contributed by atoms with Gasteiger partial charge in [0.2, 0.25) is 0 Å². The van der Waals surface area contributed by atoms with Crippen LogP contribution in [0, 0.1) is 0 Å². The van der Waals surface area contributed by atoms with E-state index in [2.05, 4.69) is 5.10 Å². The van der Waals surface area contributed by atoms with Crippen LogP contribution in [0.2, 0.25) is 0 Å². The van der Waals surface area contributed by atoms with Crippen LogP contribution in [0.1, 0.15) is 5.56 Å². The van der Waals surface area contributed by atoms with Crippen LogP contribution in [0.3, 0.4) is 0 Å². The van der Waals surface area contributed by atoms with Crippen LogP contribution in [0.25, 0.3) is 0 Å². The number of carboxylic acid groups (broad SMARTS) is 1. The lowest BCUT2D eigenvalue weighted by Crippen LogP contribution is -2.42. The van der Waals surface area contributed by atoms with Gasteiger partial charge in [-0.2, -0.15) is 4.79 Å². The average molecular weight is 193 g/mol. The third-order valence-electron chi connectivity index (χ3n) is 2.28. The van der Waals surface area contributed by atoms with E-state index in [4.69, 9.17) is 5.11 Å². The minimum absolute atomic E-state index is 0.231. The van der Waals surface area contributed by atoms with E-state index >= 15 is 0 Å². The molecule has 2 N–H and O–H groups in total. The maximum absolute atomic E-state index is 11.0. The number of benzene rings is 1. The quantitative estimate of drug-likeness (QED) is 0.614. The molecule has 0 aromatic heterocycles. The second-order valence-electron chi connectivity index (χ2n) is 3.18. The highest BCUT2D eigenvalue weighted by Crippen LogP contribution is 2.32. The summed E-state index contributed by atoms with van der Waals surface area (Å²) < 4.78 is -0.651.